The number of hydrogen-bond acceptors (Lipinski definition) is 3. The summed E-state index contributed by atoms with van der Waals surface area (Å²) in [5.74, 6) is 0.399. The predicted octanol–water partition coefficient (Wildman–Crippen LogP) is 2.34. The summed E-state index contributed by atoms with van der Waals surface area (Å²) in [6.07, 6.45) is 3.16. The molecule has 1 aliphatic heterocycles. The van der Waals surface area contributed by atoms with Gasteiger partial charge in [-0.05, 0) is 42.9 Å². The summed E-state index contributed by atoms with van der Waals surface area (Å²) in [5.41, 5.74) is 0.942. The summed E-state index contributed by atoms with van der Waals surface area (Å²) in [4.78, 5) is 25.0. The second-order valence-electron chi connectivity index (χ2n) is 5.81. The lowest BCUT2D eigenvalue weighted by atomic mass is 9.93. The van der Waals surface area contributed by atoms with Crippen LogP contribution in [-0.2, 0) is 16.0 Å². The Morgan fingerprint density at radius 2 is 2.23 bits per heavy atom. The SMILES string of the molecule is COc1cccc(CC(=O)N2CCC[C@H](CCC(=O)O)C2)c1. The molecule has 5 heteroatoms. The number of carboxylic acids is 1. The van der Waals surface area contributed by atoms with Crippen molar-refractivity contribution in [2.75, 3.05) is 20.2 Å². The summed E-state index contributed by atoms with van der Waals surface area (Å²) in [6, 6.07) is 7.54. The third-order valence-electron chi connectivity index (χ3n) is 4.13. The van der Waals surface area contributed by atoms with Crippen molar-refractivity contribution in [1.29, 1.82) is 0 Å². The van der Waals surface area contributed by atoms with E-state index in [4.69, 9.17) is 9.84 Å². The Hall–Kier alpha value is -2.04. The molecule has 1 heterocycles. The summed E-state index contributed by atoms with van der Waals surface area (Å²) in [6.45, 7) is 1.45. The first kappa shape index (κ1) is 16.3. The Bertz CT molecular complexity index is 529. The minimum atomic E-state index is -0.764. The average Bonchev–Trinajstić information content (AvgIpc) is 2.53. The first-order chi connectivity index (χ1) is 10.6. The lowest BCUT2D eigenvalue weighted by Crippen LogP contribution is -2.40. The maximum atomic E-state index is 12.4. The molecule has 1 amide bonds. The predicted molar refractivity (Wildman–Crippen MR) is 82.9 cm³/mol. The van der Waals surface area contributed by atoms with E-state index in [2.05, 4.69) is 0 Å². The van der Waals surface area contributed by atoms with Gasteiger partial charge in [0.2, 0.25) is 5.91 Å². The summed E-state index contributed by atoms with van der Waals surface area (Å²) >= 11 is 0. The second-order valence-corrected chi connectivity index (χ2v) is 5.81. The van der Waals surface area contributed by atoms with Crippen molar-refractivity contribution in [3.05, 3.63) is 29.8 Å². The molecule has 1 aromatic carbocycles. The van der Waals surface area contributed by atoms with Crippen molar-refractivity contribution in [1.82, 2.24) is 4.90 Å². The van der Waals surface area contributed by atoms with Crippen LogP contribution in [0.25, 0.3) is 0 Å². The third kappa shape index (κ3) is 4.76. The highest BCUT2D eigenvalue weighted by atomic mass is 16.5. The van der Waals surface area contributed by atoms with Gasteiger partial charge in [-0.1, -0.05) is 12.1 Å². The Morgan fingerprint density at radius 3 is 2.95 bits per heavy atom. The summed E-state index contributed by atoms with van der Waals surface area (Å²) < 4.78 is 5.17. The van der Waals surface area contributed by atoms with Crippen LogP contribution in [0.15, 0.2) is 24.3 Å². The van der Waals surface area contributed by atoms with E-state index in [0.29, 0.717) is 25.3 Å². The molecule has 5 nitrogen and oxygen atoms in total. The Morgan fingerprint density at radius 1 is 1.41 bits per heavy atom. The van der Waals surface area contributed by atoms with E-state index in [9.17, 15) is 9.59 Å². The smallest absolute Gasteiger partial charge is 0.303 e. The van der Waals surface area contributed by atoms with Crippen LogP contribution >= 0.6 is 0 Å². The minimum Gasteiger partial charge on any atom is -0.497 e. The van der Waals surface area contributed by atoms with Crippen LogP contribution in [0.5, 0.6) is 5.75 Å². The molecule has 2 rings (SSSR count). The fraction of sp³-hybridized carbons (Fsp3) is 0.529. The van der Waals surface area contributed by atoms with Gasteiger partial charge in [0.05, 0.1) is 13.5 Å². The molecule has 1 aliphatic rings. The molecule has 1 atom stereocenters. The number of carbonyl (C=O) groups excluding carboxylic acids is 1. The topological polar surface area (TPSA) is 66.8 Å². The molecule has 0 saturated carbocycles. The quantitative estimate of drug-likeness (QED) is 0.876. The van der Waals surface area contributed by atoms with E-state index >= 15 is 0 Å². The molecule has 1 saturated heterocycles. The van der Waals surface area contributed by atoms with E-state index in [-0.39, 0.29) is 12.3 Å². The van der Waals surface area contributed by atoms with Crippen molar-refractivity contribution >= 4 is 11.9 Å². The molecule has 0 bridgehead atoms. The first-order valence-electron chi connectivity index (χ1n) is 7.71. The number of rotatable bonds is 6. The second kappa shape index (κ2) is 7.82. The first-order valence-corrected chi connectivity index (χ1v) is 7.71. The van der Waals surface area contributed by atoms with Crippen molar-refractivity contribution in [2.45, 2.75) is 32.1 Å². The van der Waals surface area contributed by atoms with Gasteiger partial charge in [-0.3, -0.25) is 9.59 Å². The van der Waals surface area contributed by atoms with Gasteiger partial charge in [0.1, 0.15) is 5.75 Å². The van der Waals surface area contributed by atoms with Crippen LogP contribution in [0.4, 0.5) is 0 Å². The number of nitrogens with zero attached hydrogens (tertiary/aromatic N) is 1. The number of benzene rings is 1. The number of hydrogen-bond donors (Lipinski definition) is 1. The highest BCUT2D eigenvalue weighted by molar-refractivity contribution is 5.79. The zero-order valence-corrected chi connectivity index (χ0v) is 13.0. The molecule has 0 aliphatic carbocycles. The van der Waals surface area contributed by atoms with Crippen LogP contribution in [0.1, 0.15) is 31.2 Å². The molecule has 0 radical (unpaired) electrons. The highest BCUT2D eigenvalue weighted by Gasteiger charge is 2.24. The number of piperidine rings is 1. The minimum absolute atomic E-state index is 0.105. The maximum Gasteiger partial charge on any atom is 0.303 e. The Balaban J connectivity index is 1.89. The number of aliphatic carboxylic acids is 1. The van der Waals surface area contributed by atoms with E-state index < -0.39 is 5.97 Å². The van der Waals surface area contributed by atoms with Gasteiger partial charge >= 0.3 is 5.97 Å². The van der Waals surface area contributed by atoms with E-state index in [0.717, 1.165) is 30.7 Å². The zero-order chi connectivity index (χ0) is 15.9. The summed E-state index contributed by atoms with van der Waals surface area (Å²) in [5, 5.41) is 8.77. The van der Waals surface area contributed by atoms with Crippen LogP contribution in [0, 0.1) is 5.92 Å². The number of amides is 1. The van der Waals surface area contributed by atoms with E-state index in [1.807, 2.05) is 29.2 Å². The number of likely N-dealkylation sites (tertiary alicyclic amines) is 1. The van der Waals surface area contributed by atoms with Crippen LogP contribution in [0.2, 0.25) is 0 Å². The van der Waals surface area contributed by atoms with Crippen molar-refractivity contribution in [3.8, 4) is 5.75 Å². The van der Waals surface area contributed by atoms with Crippen LogP contribution in [0.3, 0.4) is 0 Å². The molecular formula is C17H23NO4. The average molecular weight is 305 g/mol. The van der Waals surface area contributed by atoms with E-state index in [1.54, 1.807) is 7.11 Å². The number of carboxylic acid groups (broad SMARTS) is 1. The fourth-order valence-corrected chi connectivity index (χ4v) is 2.92. The molecule has 1 N–H and O–H groups in total. The van der Waals surface area contributed by atoms with E-state index in [1.165, 1.54) is 0 Å². The zero-order valence-electron chi connectivity index (χ0n) is 13.0. The van der Waals surface area contributed by atoms with Gasteiger partial charge in [-0.15, -0.1) is 0 Å². The Kier molecular flexibility index (Phi) is 5.81. The number of carbonyl (C=O) groups is 2. The molecule has 120 valence electrons. The van der Waals surface area contributed by atoms with Gasteiger partial charge in [0.15, 0.2) is 0 Å². The van der Waals surface area contributed by atoms with Gasteiger partial charge < -0.3 is 14.7 Å². The lowest BCUT2D eigenvalue weighted by molar-refractivity contribution is -0.137. The van der Waals surface area contributed by atoms with Crippen molar-refractivity contribution in [2.24, 2.45) is 5.92 Å². The fourth-order valence-electron chi connectivity index (χ4n) is 2.92. The van der Waals surface area contributed by atoms with Gasteiger partial charge in [0.25, 0.3) is 0 Å². The highest BCUT2D eigenvalue weighted by Crippen LogP contribution is 2.22. The van der Waals surface area contributed by atoms with Crippen molar-refractivity contribution in [3.63, 3.8) is 0 Å². The van der Waals surface area contributed by atoms with Gasteiger partial charge in [0, 0.05) is 19.5 Å². The molecule has 0 aromatic heterocycles. The lowest BCUT2D eigenvalue weighted by Gasteiger charge is -2.32. The standard InChI is InChI=1S/C17H23NO4/c1-22-15-6-2-4-14(10-15)11-16(19)18-9-3-5-13(12-18)7-8-17(20)21/h2,4,6,10,13H,3,5,7-9,11-12H2,1H3,(H,20,21)/t13-/m1/s1. The third-order valence-corrected chi connectivity index (χ3v) is 4.13. The number of methoxy groups -OCH3 is 1. The van der Waals surface area contributed by atoms with Crippen LogP contribution in [-0.4, -0.2) is 42.1 Å². The van der Waals surface area contributed by atoms with Gasteiger partial charge in [-0.2, -0.15) is 0 Å². The molecule has 0 spiro atoms. The maximum absolute atomic E-state index is 12.4. The molecule has 1 fully saturated rings. The van der Waals surface area contributed by atoms with Crippen molar-refractivity contribution < 1.29 is 19.4 Å². The molecule has 1 aromatic rings. The summed E-state index contributed by atoms with van der Waals surface area (Å²) in [7, 11) is 1.61. The largest absolute Gasteiger partial charge is 0.497 e. The monoisotopic (exact) mass is 305 g/mol. The normalized spacial score (nSPS) is 18.0. The number of ether oxygens (including phenoxy) is 1. The Labute approximate surface area is 130 Å². The molecule has 22 heavy (non-hydrogen) atoms. The van der Waals surface area contributed by atoms with Crippen LogP contribution < -0.4 is 4.74 Å². The molecule has 0 unspecified atom stereocenters. The van der Waals surface area contributed by atoms with Gasteiger partial charge in [-0.25, -0.2) is 0 Å². The molecular weight excluding hydrogens is 282 g/mol.